The lowest BCUT2D eigenvalue weighted by molar-refractivity contribution is 0.466. The van der Waals surface area contributed by atoms with E-state index < -0.39 is 10.0 Å². The van der Waals surface area contributed by atoms with Crippen LogP contribution in [-0.4, -0.2) is 29.4 Å². The molecule has 0 spiro atoms. The Bertz CT molecular complexity index is 926. The smallest absolute Gasteiger partial charge is 0.277 e. The molecule has 0 aliphatic rings. The summed E-state index contributed by atoms with van der Waals surface area (Å²) in [6.07, 6.45) is 3.52. The van der Waals surface area contributed by atoms with E-state index in [1.54, 1.807) is 43.6 Å². The van der Waals surface area contributed by atoms with Crippen LogP contribution < -0.4 is 4.72 Å². The van der Waals surface area contributed by atoms with Crippen LogP contribution in [0.5, 0.6) is 0 Å². The molecule has 7 nitrogen and oxygen atoms in total. The second kappa shape index (κ2) is 7.66. The van der Waals surface area contributed by atoms with Gasteiger partial charge in [0.2, 0.25) is 15.9 Å². The number of thioether (sulfide) groups is 1. The first kappa shape index (κ1) is 17.4. The summed E-state index contributed by atoms with van der Waals surface area (Å²) >= 11 is 1.43. The van der Waals surface area contributed by atoms with Crippen molar-refractivity contribution in [2.45, 2.75) is 17.9 Å². The van der Waals surface area contributed by atoms with Crippen molar-refractivity contribution >= 4 is 27.5 Å². The average Bonchev–Trinajstić information content (AvgIpc) is 3.10. The van der Waals surface area contributed by atoms with Gasteiger partial charge in [0, 0.05) is 29.4 Å². The molecule has 3 rings (SSSR count). The molecule has 9 heteroatoms. The maximum absolute atomic E-state index is 11.6. The van der Waals surface area contributed by atoms with E-state index in [1.165, 1.54) is 11.8 Å². The second-order valence-corrected chi connectivity index (χ2v) is 8.04. The molecular formula is C16H16N4O3S2. The molecule has 130 valence electrons. The van der Waals surface area contributed by atoms with E-state index in [0.29, 0.717) is 22.6 Å². The molecule has 0 aliphatic carbocycles. The van der Waals surface area contributed by atoms with Gasteiger partial charge in [-0.15, -0.1) is 10.2 Å². The van der Waals surface area contributed by atoms with E-state index in [4.69, 9.17) is 4.42 Å². The highest BCUT2D eigenvalue weighted by Gasteiger charge is 2.11. The Morgan fingerprint density at radius 2 is 1.96 bits per heavy atom. The maximum Gasteiger partial charge on any atom is 0.277 e. The first-order chi connectivity index (χ1) is 12.1. The number of sulfonamides is 1. The highest BCUT2D eigenvalue weighted by atomic mass is 32.2. The van der Waals surface area contributed by atoms with Crippen LogP contribution in [0.4, 0.5) is 5.69 Å². The third kappa shape index (κ3) is 4.80. The fourth-order valence-electron chi connectivity index (χ4n) is 1.95. The predicted octanol–water partition coefficient (Wildman–Crippen LogP) is 3.19. The summed E-state index contributed by atoms with van der Waals surface area (Å²) in [6, 6.07) is 10.6. The molecule has 2 aromatic heterocycles. The van der Waals surface area contributed by atoms with Gasteiger partial charge in [0.05, 0.1) is 5.75 Å². The topological polar surface area (TPSA) is 98.0 Å². The van der Waals surface area contributed by atoms with Crippen molar-refractivity contribution in [2.24, 2.45) is 0 Å². The van der Waals surface area contributed by atoms with Crippen LogP contribution in [-0.2, 0) is 15.8 Å². The summed E-state index contributed by atoms with van der Waals surface area (Å²) in [5.41, 5.74) is 2.29. The monoisotopic (exact) mass is 376 g/mol. The molecule has 0 saturated heterocycles. The highest BCUT2D eigenvalue weighted by molar-refractivity contribution is 7.98. The number of anilines is 1. The first-order valence-corrected chi connectivity index (χ1v) is 10.2. The van der Waals surface area contributed by atoms with Crippen LogP contribution in [0.15, 0.2) is 58.4 Å². The second-order valence-electron chi connectivity index (χ2n) is 5.11. The zero-order valence-corrected chi connectivity index (χ0v) is 15.0. The lowest BCUT2D eigenvalue weighted by Crippen LogP contribution is -2.14. The van der Waals surface area contributed by atoms with Crippen molar-refractivity contribution in [1.82, 2.24) is 15.2 Å². The van der Waals surface area contributed by atoms with Crippen LogP contribution in [0.1, 0.15) is 12.5 Å². The summed E-state index contributed by atoms with van der Waals surface area (Å²) < 4.78 is 31.2. The van der Waals surface area contributed by atoms with Gasteiger partial charge in [-0.1, -0.05) is 17.8 Å². The van der Waals surface area contributed by atoms with E-state index >= 15 is 0 Å². The molecule has 25 heavy (non-hydrogen) atoms. The largest absolute Gasteiger partial charge is 0.411 e. The third-order valence-corrected chi connectivity index (χ3v) is 5.47. The lowest BCUT2D eigenvalue weighted by Gasteiger charge is -2.05. The molecule has 0 fully saturated rings. The van der Waals surface area contributed by atoms with Gasteiger partial charge >= 0.3 is 0 Å². The van der Waals surface area contributed by atoms with Gasteiger partial charge in [0.1, 0.15) is 0 Å². The number of nitrogens with one attached hydrogen (secondary N) is 1. The molecule has 0 aliphatic heterocycles. The molecule has 0 radical (unpaired) electrons. The Hall–Kier alpha value is -2.39. The van der Waals surface area contributed by atoms with Gasteiger partial charge < -0.3 is 4.42 Å². The van der Waals surface area contributed by atoms with E-state index in [0.717, 1.165) is 11.1 Å². The molecule has 0 saturated carbocycles. The Labute approximate surface area is 149 Å². The summed E-state index contributed by atoms with van der Waals surface area (Å²) in [7, 11) is -3.29. The minimum Gasteiger partial charge on any atom is -0.411 e. The minimum atomic E-state index is -3.29. The van der Waals surface area contributed by atoms with Crippen molar-refractivity contribution in [3.05, 3.63) is 54.4 Å². The molecule has 0 bridgehead atoms. The lowest BCUT2D eigenvalue weighted by atomic mass is 10.2. The predicted molar refractivity (Wildman–Crippen MR) is 96.6 cm³/mol. The Balaban J connectivity index is 1.65. The van der Waals surface area contributed by atoms with Crippen LogP contribution in [0.3, 0.4) is 0 Å². The van der Waals surface area contributed by atoms with Crippen LogP contribution >= 0.6 is 11.8 Å². The summed E-state index contributed by atoms with van der Waals surface area (Å²) in [5.74, 6) is 1.10. The first-order valence-electron chi connectivity index (χ1n) is 7.52. The summed E-state index contributed by atoms with van der Waals surface area (Å²) in [6.45, 7) is 1.58. The van der Waals surface area contributed by atoms with Crippen LogP contribution in [0, 0.1) is 0 Å². The van der Waals surface area contributed by atoms with Crippen LogP contribution in [0.2, 0.25) is 0 Å². The highest BCUT2D eigenvalue weighted by Crippen LogP contribution is 2.26. The standard InChI is InChI=1S/C16H16N4O3S2/c1-2-25(21,22)20-14-7-5-13(6-8-14)15-18-19-16(23-15)24-11-12-4-3-9-17-10-12/h3-10,20H,2,11H2,1H3. The fraction of sp³-hybridized carbons (Fsp3) is 0.188. The Kier molecular flexibility index (Phi) is 5.34. The number of hydrogen-bond donors (Lipinski definition) is 1. The Morgan fingerprint density at radius 1 is 1.16 bits per heavy atom. The number of rotatable bonds is 7. The van der Waals surface area contributed by atoms with E-state index in [1.807, 2.05) is 12.1 Å². The van der Waals surface area contributed by atoms with Gasteiger partial charge in [-0.05, 0) is 42.8 Å². The van der Waals surface area contributed by atoms with Gasteiger partial charge in [0.25, 0.3) is 5.22 Å². The van der Waals surface area contributed by atoms with Crippen molar-refractivity contribution in [3.8, 4) is 11.5 Å². The summed E-state index contributed by atoms with van der Waals surface area (Å²) in [5, 5.41) is 8.51. The van der Waals surface area contributed by atoms with E-state index in [2.05, 4.69) is 19.9 Å². The van der Waals surface area contributed by atoms with Gasteiger partial charge in [-0.25, -0.2) is 8.42 Å². The van der Waals surface area contributed by atoms with Gasteiger partial charge in [-0.2, -0.15) is 0 Å². The SMILES string of the molecule is CCS(=O)(=O)Nc1ccc(-c2nnc(SCc3cccnc3)o2)cc1. The summed E-state index contributed by atoms with van der Waals surface area (Å²) in [4.78, 5) is 4.06. The number of aromatic nitrogens is 3. The molecule has 3 aromatic rings. The van der Waals surface area contributed by atoms with Crippen molar-refractivity contribution in [3.63, 3.8) is 0 Å². The molecule has 1 N–H and O–H groups in total. The quantitative estimate of drug-likeness (QED) is 0.632. The number of benzene rings is 1. The van der Waals surface area contributed by atoms with E-state index in [-0.39, 0.29) is 5.75 Å². The maximum atomic E-state index is 11.6. The molecule has 0 unspecified atom stereocenters. The molecular weight excluding hydrogens is 360 g/mol. The van der Waals surface area contributed by atoms with Gasteiger partial charge in [0.15, 0.2) is 0 Å². The zero-order valence-electron chi connectivity index (χ0n) is 13.4. The van der Waals surface area contributed by atoms with Crippen molar-refractivity contribution < 1.29 is 12.8 Å². The minimum absolute atomic E-state index is 0.0237. The number of hydrogen-bond acceptors (Lipinski definition) is 7. The molecule has 2 heterocycles. The van der Waals surface area contributed by atoms with E-state index in [9.17, 15) is 8.42 Å². The number of pyridine rings is 1. The third-order valence-electron chi connectivity index (χ3n) is 3.28. The number of nitrogens with zero attached hydrogens (tertiary/aromatic N) is 3. The zero-order chi connectivity index (χ0) is 17.7. The normalized spacial score (nSPS) is 11.4. The molecule has 1 aromatic carbocycles. The van der Waals surface area contributed by atoms with Gasteiger partial charge in [-0.3, -0.25) is 9.71 Å². The van der Waals surface area contributed by atoms with Crippen LogP contribution in [0.25, 0.3) is 11.5 Å². The van der Waals surface area contributed by atoms with Crippen molar-refractivity contribution in [1.29, 1.82) is 0 Å². The Morgan fingerprint density at radius 3 is 2.64 bits per heavy atom. The average molecular weight is 376 g/mol. The molecule has 0 atom stereocenters. The molecule has 0 amide bonds. The van der Waals surface area contributed by atoms with Crippen molar-refractivity contribution in [2.75, 3.05) is 10.5 Å². The fourth-order valence-corrected chi connectivity index (χ4v) is 3.28.